The molecule has 0 radical (unpaired) electrons. The molecule has 0 amide bonds. The van der Waals surface area contributed by atoms with E-state index in [1.165, 1.54) is 0 Å². The molecule has 0 fully saturated rings. The Morgan fingerprint density at radius 2 is 2.25 bits per heavy atom. The van der Waals surface area contributed by atoms with Crippen LogP contribution in [0.4, 0.5) is 0 Å². The Balaban J connectivity index is 1.97. The summed E-state index contributed by atoms with van der Waals surface area (Å²) in [7, 11) is 1.97. The first-order valence-electron chi connectivity index (χ1n) is 1.11. The highest BCUT2D eigenvalue weighted by Crippen LogP contribution is 1.75. The molecule has 0 aromatic heterocycles. The normalized spacial score (nSPS) is 7.25. The summed E-state index contributed by atoms with van der Waals surface area (Å²) >= 11 is 1.63. The van der Waals surface area contributed by atoms with Crippen LogP contribution < -0.4 is 5.73 Å². The SMILES string of the molecule is BSCN. The molecule has 2 N–H and O–H groups in total. The largest absolute Gasteiger partial charge is 0.323 e. The van der Waals surface area contributed by atoms with E-state index in [9.17, 15) is 0 Å². The first kappa shape index (κ1) is 4.37. The smallest absolute Gasteiger partial charge is 0.175 e. The Bertz CT molecular complexity index is 10.0. The second-order valence-corrected chi connectivity index (χ2v) is 1.37. The third-order valence-corrected chi connectivity index (χ3v) is 0.500. The first-order chi connectivity index (χ1) is 1.91. The zero-order chi connectivity index (χ0) is 3.41. The van der Waals surface area contributed by atoms with E-state index < -0.39 is 0 Å². The lowest BCUT2D eigenvalue weighted by Gasteiger charge is -1.71. The molecule has 1 nitrogen and oxygen atoms in total. The van der Waals surface area contributed by atoms with E-state index in [-0.39, 0.29) is 0 Å². The summed E-state index contributed by atoms with van der Waals surface area (Å²) in [6, 6.07) is 0. The minimum Gasteiger partial charge on any atom is -0.323 e. The van der Waals surface area contributed by atoms with Gasteiger partial charge in [-0.3, -0.25) is 0 Å². The van der Waals surface area contributed by atoms with E-state index in [4.69, 9.17) is 5.73 Å². The van der Waals surface area contributed by atoms with Gasteiger partial charge >= 0.3 is 0 Å². The maximum absolute atomic E-state index is 4.99. The molecule has 0 spiro atoms. The van der Waals surface area contributed by atoms with Crippen molar-refractivity contribution in [3.8, 4) is 0 Å². The van der Waals surface area contributed by atoms with Gasteiger partial charge in [0, 0.05) is 5.88 Å². The van der Waals surface area contributed by atoms with Crippen molar-refractivity contribution in [1.82, 2.24) is 0 Å². The highest BCUT2D eigenvalue weighted by Gasteiger charge is 1.55. The van der Waals surface area contributed by atoms with Crippen LogP contribution in [0, 0.1) is 0 Å². The van der Waals surface area contributed by atoms with Gasteiger partial charge in [-0.15, -0.1) is 0 Å². The van der Waals surface area contributed by atoms with Crippen LogP contribution in [0.3, 0.4) is 0 Å². The Morgan fingerprint density at radius 1 is 2.00 bits per heavy atom. The first-order valence-corrected chi connectivity index (χ1v) is 2.50. The van der Waals surface area contributed by atoms with Crippen molar-refractivity contribution in [2.75, 3.05) is 5.88 Å². The standard InChI is InChI=1S/CH6BNS/c2-4-1-3/h1-3H2. The Labute approximate surface area is 31.3 Å². The van der Waals surface area contributed by atoms with Crippen LogP contribution in [-0.2, 0) is 0 Å². The molecule has 0 aromatic rings. The zero-order valence-electron chi connectivity index (χ0n) is 2.69. The van der Waals surface area contributed by atoms with Crippen LogP contribution in [0.5, 0.6) is 0 Å². The maximum atomic E-state index is 4.99. The Kier molecular flexibility index (Phi) is 3.69. The topological polar surface area (TPSA) is 26.0 Å². The van der Waals surface area contributed by atoms with E-state index in [1.807, 2.05) is 7.12 Å². The summed E-state index contributed by atoms with van der Waals surface area (Å²) in [6.07, 6.45) is 0. The van der Waals surface area contributed by atoms with Crippen molar-refractivity contribution >= 4 is 18.7 Å². The van der Waals surface area contributed by atoms with Gasteiger partial charge in [-0.1, -0.05) is 0 Å². The summed E-state index contributed by atoms with van der Waals surface area (Å²) in [5.74, 6) is 0.736. The van der Waals surface area contributed by atoms with Gasteiger partial charge in [0.1, 0.15) is 0 Å². The van der Waals surface area contributed by atoms with Gasteiger partial charge in [-0.05, 0) is 0 Å². The second kappa shape index (κ2) is 3.37. The fourth-order valence-electron chi connectivity index (χ4n) is 0. The molecule has 0 aliphatic rings. The lowest BCUT2D eigenvalue weighted by Crippen LogP contribution is -1.89. The molecule has 4 heavy (non-hydrogen) atoms. The number of nitrogens with two attached hydrogens (primary N) is 1. The van der Waals surface area contributed by atoms with E-state index in [1.54, 1.807) is 11.6 Å². The summed E-state index contributed by atoms with van der Waals surface area (Å²) in [5.41, 5.74) is 4.99. The third-order valence-electron chi connectivity index (χ3n) is 0.167. The number of hydrogen-bond donors (Lipinski definition) is 1. The van der Waals surface area contributed by atoms with Crippen LogP contribution in [0.2, 0.25) is 0 Å². The van der Waals surface area contributed by atoms with Gasteiger partial charge in [0.05, 0.1) is 0 Å². The van der Waals surface area contributed by atoms with Crippen LogP contribution in [0.25, 0.3) is 0 Å². The lowest BCUT2D eigenvalue weighted by atomic mass is 10.8. The van der Waals surface area contributed by atoms with Gasteiger partial charge in [0.2, 0.25) is 0 Å². The van der Waals surface area contributed by atoms with Crippen molar-refractivity contribution in [2.45, 2.75) is 0 Å². The van der Waals surface area contributed by atoms with Gasteiger partial charge in [0.25, 0.3) is 0 Å². The number of hydrogen-bond acceptors (Lipinski definition) is 2. The van der Waals surface area contributed by atoms with Gasteiger partial charge in [0.15, 0.2) is 7.12 Å². The van der Waals surface area contributed by atoms with Crippen LogP contribution in [0.15, 0.2) is 0 Å². The Morgan fingerprint density at radius 3 is 2.25 bits per heavy atom. The highest BCUT2D eigenvalue weighted by atomic mass is 32.2. The van der Waals surface area contributed by atoms with Crippen molar-refractivity contribution < 1.29 is 0 Å². The summed E-state index contributed by atoms with van der Waals surface area (Å²) in [4.78, 5) is 0. The molecule has 0 aliphatic carbocycles. The van der Waals surface area contributed by atoms with Gasteiger partial charge in [-0.2, -0.15) is 0 Å². The zero-order valence-corrected chi connectivity index (χ0v) is 3.51. The number of rotatable bonds is 1. The van der Waals surface area contributed by atoms with Crippen molar-refractivity contribution in [1.29, 1.82) is 0 Å². The summed E-state index contributed by atoms with van der Waals surface area (Å²) in [5, 5.41) is 0. The molecule has 24 valence electrons. The summed E-state index contributed by atoms with van der Waals surface area (Å²) in [6.45, 7) is 0. The predicted octanol–water partition coefficient (Wildman–Crippen LogP) is -0.816. The highest BCUT2D eigenvalue weighted by molar-refractivity contribution is 8.19. The summed E-state index contributed by atoms with van der Waals surface area (Å²) < 4.78 is 0. The fourth-order valence-corrected chi connectivity index (χ4v) is 0. The van der Waals surface area contributed by atoms with E-state index in [0.717, 1.165) is 5.88 Å². The molecule has 0 saturated heterocycles. The van der Waals surface area contributed by atoms with Crippen LogP contribution in [-0.4, -0.2) is 13.0 Å². The predicted molar refractivity (Wildman–Crippen MR) is 25.2 cm³/mol. The average Bonchev–Trinajstić information content (AvgIpc) is 1.37. The van der Waals surface area contributed by atoms with E-state index in [2.05, 4.69) is 0 Å². The second-order valence-electron chi connectivity index (χ2n) is 0.455. The van der Waals surface area contributed by atoms with Crippen LogP contribution >= 0.6 is 11.6 Å². The molecule has 0 rings (SSSR count). The monoisotopic (exact) mass is 75.0 g/mol. The van der Waals surface area contributed by atoms with Crippen molar-refractivity contribution in [2.24, 2.45) is 5.73 Å². The van der Waals surface area contributed by atoms with Crippen molar-refractivity contribution in [3.63, 3.8) is 0 Å². The molecule has 0 saturated carbocycles. The average molecular weight is 74.9 g/mol. The third kappa shape index (κ3) is 2.37. The lowest BCUT2D eigenvalue weighted by molar-refractivity contribution is 1.41. The molecule has 0 atom stereocenters. The molecule has 3 heteroatoms. The van der Waals surface area contributed by atoms with Gasteiger partial charge < -0.3 is 5.73 Å². The van der Waals surface area contributed by atoms with Crippen LogP contribution in [0.1, 0.15) is 0 Å². The minimum atomic E-state index is 0.736. The Hall–Kier alpha value is 0.375. The molecule has 0 aromatic carbocycles. The molecule has 0 heterocycles. The molecule has 0 bridgehead atoms. The van der Waals surface area contributed by atoms with E-state index in [0.29, 0.717) is 0 Å². The minimum absolute atomic E-state index is 0.736. The molecule has 0 aliphatic heterocycles. The fraction of sp³-hybridized carbons (Fsp3) is 1.00. The van der Waals surface area contributed by atoms with E-state index >= 15 is 0 Å². The molecule has 0 unspecified atom stereocenters. The quantitative estimate of drug-likeness (QED) is 0.325. The molecular weight excluding hydrogens is 68.9 g/mol. The maximum Gasteiger partial charge on any atom is 0.175 e. The molecular formula is CH6BNS. The van der Waals surface area contributed by atoms with Crippen molar-refractivity contribution in [3.05, 3.63) is 0 Å². The van der Waals surface area contributed by atoms with Gasteiger partial charge in [-0.25, -0.2) is 11.6 Å².